The summed E-state index contributed by atoms with van der Waals surface area (Å²) in [5.74, 6) is 0.728. The predicted molar refractivity (Wildman–Crippen MR) is 76.8 cm³/mol. The summed E-state index contributed by atoms with van der Waals surface area (Å²) in [7, 11) is 0. The maximum Gasteiger partial charge on any atom is 0.132 e. The zero-order valence-corrected chi connectivity index (χ0v) is 12.0. The molecule has 0 aliphatic rings. The number of aromatic nitrogens is 2. The maximum absolute atomic E-state index is 12.9. The number of nitrogens with zero attached hydrogens (tertiary/aromatic N) is 2. The molecule has 0 saturated carbocycles. The lowest BCUT2D eigenvalue weighted by atomic mass is 10.1. The third-order valence-electron chi connectivity index (χ3n) is 3.17. The van der Waals surface area contributed by atoms with Crippen molar-refractivity contribution in [1.29, 1.82) is 0 Å². The van der Waals surface area contributed by atoms with Crippen molar-refractivity contribution in [3.63, 3.8) is 0 Å². The molecule has 2 nitrogen and oxygen atoms in total. The molecule has 2 aromatic heterocycles. The summed E-state index contributed by atoms with van der Waals surface area (Å²) in [4.78, 5) is 4.55. The largest absolute Gasteiger partial charge is 0.302 e. The Labute approximate surface area is 119 Å². The fraction of sp³-hybridized carbons (Fsp3) is 0.133. The van der Waals surface area contributed by atoms with Crippen LogP contribution in [0.2, 0.25) is 0 Å². The van der Waals surface area contributed by atoms with Gasteiger partial charge in [0.25, 0.3) is 0 Å². The van der Waals surface area contributed by atoms with Crippen LogP contribution >= 0.6 is 15.9 Å². The monoisotopic (exact) mass is 318 g/mol. The van der Waals surface area contributed by atoms with Crippen molar-refractivity contribution in [1.82, 2.24) is 9.38 Å². The highest BCUT2D eigenvalue weighted by Gasteiger charge is 2.11. The van der Waals surface area contributed by atoms with Gasteiger partial charge in [0.05, 0.1) is 5.52 Å². The van der Waals surface area contributed by atoms with Gasteiger partial charge in [-0.05, 0) is 52.2 Å². The average Bonchev–Trinajstić information content (AvgIpc) is 2.70. The first kappa shape index (κ1) is 12.4. The second kappa shape index (κ2) is 4.78. The molecule has 96 valence electrons. The van der Waals surface area contributed by atoms with Crippen LogP contribution in [-0.2, 0) is 6.42 Å². The number of halogens is 2. The molecule has 1 aromatic carbocycles. The standard InChI is InChI=1S/C15H12BrFN2/c1-10-3-2-8-19-13(18-15(16)14(10)19)9-11-4-6-12(17)7-5-11/h2-8H,9H2,1H3. The highest BCUT2D eigenvalue weighted by Crippen LogP contribution is 2.23. The Bertz CT molecular complexity index is 732. The fourth-order valence-corrected chi connectivity index (χ4v) is 2.93. The molecule has 0 aliphatic heterocycles. The van der Waals surface area contributed by atoms with Gasteiger partial charge in [0.15, 0.2) is 0 Å². The summed E-state index contributed by atoms with van der Waals surface area (Å²) in [5, 5.41) is 0. The second-order valence-corrected chi connectivity index (χ2v) is 5.28. The van der Waals surface area contributed by atoms with Gasteiger partial charge in [0.2, 0.25) is 0 Å². The molecule has 3 rings (SSSR count). The van der Waals surface area contributed by atoms with Gasteiger partial charge in [-0.15, -0.1) is 0 Å². The van der Waals surface area contributed by atoms with Gasteiger partial charge in [-0.2, -0.15) is 0 Å². The van der Waals surface area contributed by atoms with Crippen LogP contribution in [0, 0.1) is 12.7 Å². The van der Waals surface area contributed by atoms with Gasteiger partial charge in [0.1, 0.15) is 16.2 Å². The van der Waals surface area contributed by atoms with E-state index in [1.807, 2.05) is 12.3 Å². The molecule has 0 bridgehead atoms. The number of benzene rings is 1. The molecule has 0 N–H and O–H groups in total. The van der Waals surface area contributed by atoms with Gasteiger partial charge >= 0.3 is 0 Å². The highest BCUT2D eigenvalue weighted by molar-refractivity contribution is 9.10. The van der Waals surface area contributed by atoms with Crippen LogP contribution in [0.3, 0.4) is 0 Å². The first-order chi connectivity index (χ1) is 9.15. The lowest BCUT2D eigenvalue weighted by molar-refractivity contribution is 0.627. The van der Waals surface area contributed by atoms with E-state index in [1.165, 1.54) is 17.7 Å². The number of pyridine rings is 1. The number of hydrogen-bond donors (Lipinski definition) is 0. The summed E-state index contributed by atoms with van der Waals surface area (Å²) in [6, 6.07) is 10.6. The lowest BCUT2D eigenvalue weighted by Crippen LogP contribution is -1.96. The number of fused-ring (bicyclic) bond motifs is 1. The van der Waals surface area contributed by atoms with Crippen molar-refractivity contribution in [2.45, 2.75) is 13.3 Å². The fourth-order valence-electron chi connectivity index (χ4n) is 2.22. The van der Waals surface area contributed by atoms with Gasteiger partial charge in [-0.3, -0.25) is 0 Å². The Hall–Kier alpha value is -1.68. The Morgan fingerprint density at radius 2 is 1.95 bits per heavy atom. The van der Waals surface area contributed by atoms with E-state index in [4.69, 9.17) is 0 Å². The van der Waals surface area contributed by atoms with Crippen LogP contribution in [-0.4, -0.2) is 9.38 Å². The van der Waals surface area contributed by atoms with Crippen LogP contribution in [0.5, 0.6) is 0 Å². The summed E-state index contributed by atoms with van der Waals surface area (Å²) in [6.07, 6.45) is 2.68. The minimum Gasteiger partial charge on any atom is -0.302 e. The van der Waals surface area contributed by atoms with Crippen molar-refractivity contribution >= 4 is 21.4 Å². The molecule has 3 aromatic rings. The van der Waals surface area contributed by atoms with Crippen LogP contribution in [0.15, 0.2) is 47.2 Å². The smallest absolute Gasteiger partial charge is 0.132 e. The van der Waals surface area contributed by atoms with Gasteiger partial charge in [-0.1, -0.05) is 18.2 Å². The molecule has 0 spiro atoms. The Morgan fingerprint density at radius 1 is 1.21 bits per heavy atom. The van der Waals surface area contributed by atoms with Crippen LogP contribution < -0.4 is 0 Å². The molecule has 0 atom stereocenters. The first-order valence-corrected chi connectivity index (χ1v) is 6.81. The first-order valence-electron chi connectivity index (χ1n) is 6.01. The van der Waals surface area contributed by atoms with Gasteiger partial charge in [0, 0.05) is 12.6 Å². The van der Waals surface area contributed by atoms with E-state index in [2.05, 4.69) is 38.3 Å². The van der Waals surface area contributed by atoms with E-state index < -0.39 is 0 Å². The number of aryl methyl sites for hydroxylation is 1. The number of rotatable bonds is 2. The van der Waals surface area contributed by atoms with E-state index in [-0.39, 0.29) is 5.82 Å². The molecule has 19 heavy (non-hydrogen) atoms. The van der Waals surface area contributed by atoms with Gasteiger partial charge < -0.3 is 4.40 Å². The molecule has 4 heteroatoms. The Balaban J connectivity index is 2.06. The summed E-state index contributed by atoms with van der Waals surface area (Å²) < 4.78 is 15.8. The predicted octanol–water partition coefficient (Wildman–Crippen LogP) is 4.14. The van der Waals surface area contributed by atoms with Crippen LogP contribution in [0.4, 0.5) is 4.39 Å². The highest BCUT2D eigenvalue weighted by atomic mass is 79.9. The van der Waals surface area contributed by atoms with Crippen molar-refractivity contribution in [2.24, 2.45) is 0 Å². The summed E-state index contributed by atoms with van der Waals surface area (Å²) >= 11 is 3.50. The third-order valence-corrected chi connectivity index (χ3v) is 3.72. The summed E-state index contributed by atoms with van der Waals surface area (Å²) in [6.45, 7) is 2.06. The van der Waals surface area contributed by atoms with Crippen LogP contribution in [0.1, 0.15) is 17.0 Å². The molecule has 2 heterocycles. The minimum absolute atomic E-state index is 0.214. The van der Waals surface area contributed by atoms with Crippen molar-refractivity contribution in [2.75, 3.05) is 0 Å². The molecule has 0 amide bonds. The zero-order chi connectivity index (χ0) is 13.4. The molecular formula is C15H12BrFN2. The molecule has 0 radical (unpaired) electrons. The Kier molecular flexibility index (Phi) is 3.11. The maximum atomic E-state index is 12.9. The number of imidazole rings is 1. The lowest BCUT2D eigenvalue weighted by Gasteiger charge is -2.03. The van der Waals surface area contributed by atoms with E-state index in [9.17, 15) is 4.39 Å². The van der Waals surface area contributed by atoms with E-state index in [0.717, 1.165) is 21.5 Å². The molecule has 0 unspecified atom stereocenters. The zero-order valence-electron chi connectivity index (χ0n) is 10.4. The molecule has 0 saturated heterocycles. The quantitative estimate of drug-likeness (QED) is 0.694. The van der Waals surface area contributed by atoms with Crippen LogP contribution in [0.25, 0.3) is 5.52 Å². The van der Waals surface area contributed by atoms with Crippen molar-refractivity contribution in [3.8, 4) is 0 Å². The minimum atomic E-state index is -0.214. The Morgan fingerprint density at radius 3 is 2.68 bits per heavy atom. The molecular weight excluding hydrogens is 307 g/mol. The SMILES string of the molecule is Cc1cccn2c(Cc3ccc(F)cc3)nc(Br)c12. The van der Waals surface area contributed by atoms with Crippen molar-refractivity contribution in [3.05, 3.63) is 70.0 Å². The van der Waals surface area contributed by atoms with E-state index >= 15 is 0 Å². The van der Waals surface area contributed by atoms with Crippen molar-refractivity contribution < 1.29 is 4.39 Å². The van der Waals surface area contributed by atoms with E-state index in [0.29, 0.717) is 6.42 Å². The molecule has 0 aliphatic carbocycles. The van der Waals surface area contributed by atoms with Gasteiger partial charge in [-0.25, -0.2) is 9.37 Å². The average molecular weight is 319 g/mol. The molecule has 0 fully saturated rings. The second-order valence-electron chi connectivity index (χ2n) is 4.53. The topological polar surface area (TPSA) is 17.3 Å². The number of hydrogen-bond acceptors (Lipinski definition) is 1. The van der Waals surface area contributed by atoms with E-state index in [1.54, 1.807) is 12.1 Å². The normalized spacial score (nSPS) is 11.1. The summed E-state index contributed by atoms with van der Waals surface area (Å²) in [5.41, 5.74) is 3.30. The third kappa shape index (κ3) is 2.28.